The van der Waals surface area contributed by atoms with Crippen molar-refractivity contribution in [3.05, 3.63) is 122 Å². The van der Waals surface area contributed by atoms with Crippen LogP contribution in [-0.4, -0.2) is 17.4 Å². The van der Waals surface area contributed by atoms with E-state index in [9.17, 15) is 9.59 Å². The molecule has 1 aliphatic heterocycles. The van der Waals surface area contributed by atoms with E-state index < -0.39 is 6.04 Å². The highest BCUT2D eigenvalue weighted by molar-refractivity contribution is 6.32. The van der Waals surface area contributed by atoms with E-state index in [0.717, 1.165) is 16.7 Å². The molecule has 0 bridgehead atoms. The summed E-state index contributed by atoms with van der Waals surface area (Å²) < 4.78 is 11.6. The molecule has 1 aromatic heterocycles. The molecule has 7 heteroatoms. The average Bonchev–Trinajstić information content (AvgIpc) is 3.12. The molecule has 1 amide bonds. The van der Waals surface area contributed by atoms with Gasteiger partial charge in [0.1, 0.15) is 17.9 Å². The Kier molecular flexibility index (Phi) is 6.13. The van der Waals surface area contributed by atoms with Gasteiger partial charge in [-0.15, -0.1) is 0 Å². The van der Waals surface area contributed by atoms with Crippen LogP contribution < -0.4 is 10.2 Å². The standard InChI is InChI=1S/C28H21Cl2NO4/c1-3-12-34-19-10-8-17(9-11-19)25-24-26(32)20-14-22(30)16(2)13-23(20)35-27(24)28(33)31(25)15-18-6-4-5-7-21(18)29/h3-11,13-14,25H,1,12,15H2,2H3. The molecule has 0 spiro atoms. The minimum atomic E-state index is -0.664. The van der Waals surface area contributed by atoms with Crippen molar-refractivity contribution < 1.29 is 13.9 Å². The average molecular weight is 506 g/mol. The maximum absolute atomic E-state index is 13.7. The van der Waals surface area contributed by atoms with Crippen LogP contribution in [0.1, 0.15) is 38.9 Å². The summed E-state index contributed by atoms with van der Waals surface area (Å²) >= 11 is 12.7. The van der Waals surface area contributed by atoms with Gasteiger partial charge in [0, 0.05) is 16.6 Å². The van der Waals surface area contributed by atoms with Crippen molar-refractivity contribution in [1.82, 2.24) is 4.90 Å². The second-order valence-electron chi connectivity index (χ2n) is 8.37. The number of rotatable bonds is 6. The summed E-state index contributed by atoms with van der Waals surface area (Å²) in [6.45, 7) is 6.06. The van der Waals surface area contributed by atoms with E-state index in [-0.39, 0.29) is 29.2 Å². The lowest BCUT2D eigenvalue weighted by Gasteiger charge is -2.25. The van der Waals surface area contributed by atoms with Crippen molar-refractivity contribution >= 4 is 40.1 Å². The predicted molar refractivity (Wildman–Crippen MR) is 138 cm³/mol. The maximum Gasteiger partial charge on any atom is 0.291 e. The summed E-state index contributed by atoms with van der Waals surface area (Å²) in [5, 5.41) is 1.33. The highest BCUT2D eigenvalue weighted by Crippen LogP contribution is 2.40. The Morgan fingerprint density at radius 2 is 1.80 bits per heavy atom. The Hall–Kier alpha value is -3.54. The van der Waals surface area contributed by atoms with Gasteiger partial charge in [-0.25, -0.2) is 0 Å². The number of fused-ring (bicyclic) bond motifs is 2. The van der Waals surface area contributed by atoms with Gasteiger partial charge in [-0.05, 0) is 53.9 Å². The molecule has 1 aliphatic rings. The molecule has 0 fully saturated rings. The van der Waals surface area contributed by atoms with Gasteiger partial charge < -0.3 is 14.1 Å². The molecular weight excluding hydrogens is 485 g/mol. The number of hydrogen-bond acceptors (Lipinski definition) is 4. The molecule has 1 atom stereocenters. The number of carbonyl (C=O) groups excluding carboxylic acids is 1. The number of aryl methyl sites for hydroxylation is 1. The molecule has 2 heterocycles. The highest BCUT2D eigenvalue weighted by atomic mass is 35.5. The first-order valence-electron chi connectivity index (χ1n) is 11.0. The largest absolute Gasteiger partial charge is 0.490 e. The van der Waals surface area contributed by atoms with E-state index in [4.69, 9.17) is 32.4 Å². The predicted octanol–water partition coefficient (Wildman–Crippen LogP) is 6.72. The van der Waals surface area contributed by atoms with Crippen LogP contribution in [0.4, 0.5) is 0 Å². The first kappa shape index (κ1) is 23.2. The smallest absolute Gasteiger partial charge is 0.291 e. The fourth-order valence-corrected chi connectivity index (χ4v) is 4.72. The van der Waals surface area contributed by atoms with E-state index in [1.165, 1.54) is 0 Å². The van der Waals surface area contributed by atoms with E-state index in [0.29, 0.717) is 33.4 Å². The first-order valence-corrected chi connectivity index (χ1v) is 11.8. The first-order chi connectivity index (χ1) is 16.9. The third kappa shape index (κ3) is 4.11. The fourth-order valence-electron chi connectivity index (χ4n) is 4.36. The number of ether oxygens (including phenoxy) is 1. The molecule has 35 heavy (non-hydrogen) atoms. The molecule has 0 aliphatic carbocycles. The van der Waals surface area contributed by atoms with Gasteiger partial charge in [-0.1, -0.05) is 66.2 Å². The molecule has 0 N–H and O–H groups in total. The number of amides is 1. The Balaban J connectivity index is 1.69. The van der Waals surface area contributed by atoms with Crippen LogP contribution in [0.15, 0.2) is 82.5 Å². The normalized spacial score (nSPS) is 14.9. The molecule has 1 unspecified atom stereocenters. The zero-order chi connectivity index (χ0) is 24.7. The van der Waals surface area contributed by atoms with E-state index in [2.05, 4.69) is 6.58 Å². The molecule has 176 valence electrons. The van der Waals surface area contributed by atoms with Gasteiger partial charge in [-0.3, -0.25) is 9.59 Å². The number of hydrogen-bond donors (Lipinski definition) is 0. The van der Waals surface area contributed by atoms with Gasteiger partial charge >= 0.3 is 0 Å². The van der Waals surface area contributed by atoms with E-state index >= 15 is 0 Å². The van der Waals surface area contributed by atoms with Crippen LogP contribution in [0.3, 0.4) is 0 Å². The zero-order valence-corrected chi connectivity index (χ0v) is 20.4. The van der Waals surface area contributed by atoms with Crippen molar-refractivity contribution in [2.45, 2.75) is 19.5 Å². The molecule has 5 nitrogen and oxygen atoms in total. The lowest BCUT2D eigenvalue weighted by molar-refractivity contribution is 0.0714. The lowest BCUT2D eigenvalue weighted by Crippen LogP contribution is -2.29. The molecule has 0 saturated carbocycles. The summed E-state index contributed by atoms with van der Waals surface area (Å²) in [4.78, 5) is 29.0. The molecule has 5 rings (SSSR count). The van der Waals surface area contributed by atoms with Gasteiger partial charge in [0.15, 0.2) is 5.43 Å². The van der Waals surface area contributed by atoms with Crippen molar-refractivity contribution in [3.63, 3.8) is 0 Å². The fraction of sp³-hybridized carbons (Fsp3) is 0.143. The summed E-state index contributed by atoms with van der Waals surface area (Å²) in [7, 11) is 0. The second kappa shape index (κ2) is 9.25. The molecular formula is C28H21Cl2NO4. The van der Waals surface area contributed by atoms with Gasteiger partial charge in [0.05, 0.1) is 17.0 Å². The van der Waals surface area contributed by atoms with Gasteiger partial charge in [-0.2, -0.15) is 0 Å². The van der Waals surface area contributed by atoms with Crippen LogP contribution in [0.25, 0.3) is 11.0 Å². The molecule has 0 saturated heterocycles. The van der Waals surface area contributed by atoms with Crippen LogP contribution in [0.5, 0.6) is 5.75 Å². The third-order valence-corrected chi connectivity index (χ3v) is 6.89. The number of nitrogens with zero attached hydrogens (tertiary/aromatic N) is 1. The topological polar surface area (TPSA) is 59.8 Å². The lowest BCUT2D eigenvalue weighted by atomic mass is 9.98. The molecule has 0 radical (unpaired) electrons. The zero-order valence-electron chi connectivity index (χ0n) is 18.9. The van der Waals surface area contributed by atoms with Crippen molar-refractivity contribution in [1.29, 1.82) is 0 Å². The summed E-state index contributed by atoms with van der Waals surface area (Å²) in [5.41, 5.74) is 2.61. The van der Waals surface area contributed by atoms with Gasteiger partial charge in [0.25, 0.3) is 5.91 Å². The number of carbonyl (C=O) groups is 1. The number of halogens is 2. The van der Waals surface area contributed by atoms with Crippen LogP contribution in [0, 0.1) is 6.92 Å². The highest BCUT2D eigenvalue weighted by Gasteiger charge is 2.43. The minimum Gasteiger partial charge on any atom is -0.490 e. The van der Waals surface area contributed by atoms with Crippen LogP contribution in [0.2, 0.25) is 10.0 Å². The van der Waals surface area contributed by atoms with E-state index in [1.54, 1.807) is 41.3 Å². The van der Waals surface area contributed by atoms with Crippen molar-refractivity contribution in [2.75, 3.05) is 6.61 Å². The van der Waals surface area contributed by atoms with Crippen LogP contribution >= 0.6 is 23.2 Å². The third-order valence-electron chi connectivity index (χ3n) is 6.11. The summed E-state index contributed by atoms with van der Waals surface area (Å²) in [6.07, 6.45) is 1.66. The Labute approximate surface area is 212 Å². The summed E-state index contributed by atoms with van der Waals surface area (Å²) in [6, 6.07) is 17.2. The molecule has 3 aromatic carbocycles. The Morgan fingerprint density at radius 3 is 2.51 bits per heavy atom. The minimum absolute atomic E-state index is 0.0354. The van der Waals surface area contributed by atoms with Crippen molar-refractivity contribution in [3.8, 4) is 5.75 Å². The van der Waals surface area contributed by atoms with Crippen LogP contribution in [-0.2, 0) is 6.54 Å². The quantitative estimate of drug-likeness (QED) is 0.273. The Bertz CT molecular complexity index is 1530. The summed E-state index contributed by atoms with van der Waals surface area (Å²) in [5.74, 6) is 0.320. The van der Waals surface area contributed by atoms with Crippen molar-refractivity contribution in [2.24, 2.45) is 0 Å². The Morgan fingerprint density at radius 1 is 1.06 bits per heavy atom. The molecule has 4 aromatic rings. The second-order valence-corrected chi connectivity index (χ2v) is 9.18. The van der Waals surface area contributed by atoms with Gasteiger partial charge in [0.2, 0.25) is 5.76 Å². The maximum atomic E-state index is 13.7. The monoisotopic (exact) mass is 505 g/mol. The van der Waals surface area contributed by atoms with E-state index in [1.807, 2.05) is 37.3 Å². The SMILES string of the molecule is C=CCOc1ccc(C2c3c(oc4cc(C)c(Cl)cc4c3=O)C(=O)N2Cc2ccccc2Cl)cc1. The number of benzene rings is 3.